The highest BCUT2D eigenvalue weighted by Gasteiger charge is 2.31. The van der Waals surface area contributed by atoms with Gasteiger partial charge in [-0.1, -0.05) is 0 Å². The molecule has 0 aromatic heterocycles. The number of hydrogen-bond acceptors (Lipinski definition) is 4. The molecule has 0 radical (unpaired) electrons. The molecule has 0 saturated carbocycles. The van der Waals surface area contributed by atoms with Crippen molar-refractivity contribution < 1.29 is 19.1 Å². The van der Waals surface area contributed by atoms with Crippen molar-refractivity contribution in [1.82, 2.24) is 5.32 Å². The van der Waals surface area contributed by atoms with E-state index in [2.05, 4.69) is 14.8 Å². The van der Waals surface area contributed by atoms with Gasteiger partial charge >= 0.3 is 11.7 Å². The van der Waals surface area contributed by atoms with Crippen molar-refractivity contribution in [2.75, 3.05) is 19.7 Å². The van der Waals surface area contributed by atoms with Crippen molar-refractivity contribution in [2.45, 2.75) is 32.6 Å². The molecule has 0 unspecified atom stereocenters. The lowest BCUT2D eigenvalue weighted by Crippen LogP contribution is -2.30. The summed E-state index contributed by atoms with van der Waals surface area (Å²) in [5, 5.41) is 3.25. The first-order chi connectivity index (χ1) is 8.69. The Morgan fingerprint density at radius 3 is 2.61 bits per heavy atom. The molecule has 0 aromatic rings. The van der Waals surface area contributed by atoms with Crippen LogP contribution in [0.25, 0.3) is 5.53 Å². The SMILES string of the molecule is CCOC(=O)C(=[N+]=[N-])C(=O)CCC1CCNCC1. The molecule has 0 bridgehead atoms. The minimum Gasteiger partial charge on any atom is -0.457 e. The van der Waals surface area contributed by atoms with Crippen LogP contribution in [0.5, 0.6) is 0 Å². The zero-order valence-corrected chi connectivity index (χ0v) is 10.6. The first-order valence-electron chi connectivity index (χ1n) is 6.32. The summed E-state index contributed by atoms with van der Waals surface area (Å²) in [5.41, 5.74) is 8.19. The third-order valence-electron chi connectivity index (χ3n) is 3.07. The van der Waals surface area contributed by atoms with Crippen LogP contribution in [0.15, 0.2) is 0 Å². The normalized spacial score (nSPS) is 15.8. The van der Waals surface area contributed by atoms with Crippen molar-refractivity contribution in [3.8, 4) is 0 Å². The van der Waals surface area contributed by atoms with Gasteiger partial charge in [-0.2, -0.15) is 4.79 Å². The summed E-state index contributed by atoms with van der Waals surface area (Å²) >= 11 is 0. The van der Waals surface area contributed by atoms with Gasteiger partial charge in [-0.05, 0) is 45.2 Å². The van der Waals surface area contributed by atoms with Gasteiger partial charge in [0.15, 0.2) is 0 Å². The molecule has 18 heavy (non-hydrogen) atoms. The molecular weight excluding hydrogens is 234 g/mol. The number of nitrogens with one attached hydrogen (secondary N) is 1. The van der Waals surface area contributed by atoms with Crippen molar-refractivity contribution in [3.63, 3.8) is 0 Å². The average molecular weight is 253 g/mol. The van der Waals surface area contributed by atoms with Gasteiger partial charge in [0, 0.05) is 6.42 Å². The van der Waals surface area contributed by atoms with E-state index in [9.17, 15) is 9.59 Å². The summed E-state index contributed by atoms with van der Waals surface area (Å²) in [6.45, 7) is 3.72. The van der Waals surface area contributed by atoms with E-state index in [1.165, 1.54) is 0 Å². The first-order valence-corrected chi connectivity index (χ1v) is 6.32. The van der Waals surface area contributed by atoms with Crippen LogP contribution >= 0.6 is 0 Å². The monoisotopic (exact) mass is 253 g/mol. The Kier molecular flexibility index (Phi) is 6.25. The van der Waals surface area contributed by atoms with Crippen molar-refractivity contribution >= 4 is 17.5 Å². The van der Waals surface area contributed by atoms with Crippen LogP contribution in [0.2, 0.25) is 0 Å². The van der Waals surface area contributed by atoms with E-state index >= 15 is 0 Å². The summed E-state index contributed by atoms with van der Waals surface area (Å²) in [7, 11) is 0. The van der Waals surface area contributed by atoms with Gasteiger partial charge < -0.3 is 15.6 Å². The molecule has 6 heteroatoms. The number of piperidine rings is 1. The van der Waals surface area contributed by atoms with Crippen molar-refractivity contribution in [2.24, 2.45) is 5.92 Å². The Morgan fingerprint density at radius 1 is 1.39 bits per heavy atom. The molecule has 1 N–H and O–H groups in total. The highest BCUT2D eigenvalue weighted by atomic mass is 16.5. The third kappa shape index (κ3) is 4.39. The number of ether oxygens (including phenoxy) is 1. The molecule has 100 valence electrons. The topological polar surface area (TPSA) is 91.8 Å². The number of esters is 1. The number of carbonyl (C=O) groups excluding carboxylic acids is 2. The fourth-order valence-corrected chi connectivity index (χ4v) is 2.03. The predicted octanol–water partition coefficient (Wildman–Crippen LogP) is 0.569. The Hall–Kier alpha value is -1.52. The Labute approximate surface area is 106 Å². The summed E-state index contributed by atoms with van der Waals surface area (Å²) in [5.74, 6) is -0.804. The number of hydrogen-bond donors (Lipinski definition) is 1. The molecule has 0 atom stereocenters. The lowest BCUT2D eigenvalue weighted by atomic mass is 9.92. The van der Waals surface area contributed by atoms with E-state index in [1.807, 2.05) is 0 Å². The summed E-state index contributed by atoms with van der Waals surface area (Å²) in [6, 6.07) is 0. The molecule has 0 spiro atoms. The highest BCUT2D eigenvalue weighted by Crippen LogP contribution is 2.17. The minimum atomic E-state index is -0.852. The molecule has 0 aromatic carbocycles. The number of carbonyl (C=O) groups is 2. The van der Waals surface area contributed by atoms with Gasteiger partial charge in [0.25, 0.3) is 5.78 Å². The maximum absolute atomic E-state index is 11.7. The minimum absolute atomic E-state index is 0.152. The maximum Gasteiger partial charge on any atom is 0.441 e. The second kappa shape index (κ2) is 7.74. The highest BCUT2D eigenvalue weighted by molar-refractivity contribution is 6.62. The third-order valence-corrected chi connectivity index (χ3v) is 3.07. The molecule has 1 aliphatic rings. The van der Waals surface area contributed by atoms with Gasteiger partial charge in [0.05, 0.1) is 6.61 Å². The van der Waals surface area contributed by atoms with Crippen LogP contribution < -0.4 is 5.32 Å². The fourth-order valence-electron chi connectivity index (χ4n) is 2.03. The largest absolute Gasteiger partial charge is 0.457 e. The zero-order chi connectivity index (χ0) is 13.4. The second-order valence-electron chi connectivity index (χ2n) is 4.32. The van der Waals surface area contributed by atoms with Crippen molar-refractivity contribution in [1.29, 1.82) is 0 Å². The number of ketones is 1. The number of Topliss-reactive ketones (excluding diaryl/α,β-unsaturated/α-hetero) is 1. The molecule has 1 saturated heterocycles. The van der Waals surface area contributed by atoms with Crippen LogP contribution in [0, 0.1) is 5.92 Å². The smallest absolute Gasteiger partial charge is 0.441 e. The molecule has 0 amide bonds. The van der Waals surface area contributed by atoms with E-state index in [-0.39, 0.29) is 13.0 Å². The van der Waals surface area contributed by atoms with Crippen molar-refractivity contribution in [3.05, 3.63) is 5.53 Å². The van der Waals surface area contributed by atoms with Gasteiger partial charge in [0.2, 0.25) is 0 Å². The second-order valence-corrected chi connectivity index (χ2v) is 4.32. The standard InChI is InChI=1S/C12H19N3O3/c1-2-18-12(17)11(15-13)10(16)4-3-9-5-7-14-8-6-9/h9,14H,2-8H2,1H3. The van der Waals surface area contributed by atoms with Crippen LogP contribution in [0.4, 0.5) is 0 Å². The van der Waals surface area contributed by atoms with Crippen LogP contribution in [-0.2, 0) is 14.3 Å². The van der Waals surface area contributed by atoms with Gasteiger partial charge in [-0.25, -0.2) is 4.79 Å². The molecule has 1 rings (SSSR count). The number of rotatable bonds is 6. The molecule has 1 heterocycles. The van der Waals surface area contributed by atoms with Gasteiger partial charge in [0.1, 0.15) is 0 Å². The molecule has 6 nitrogen and oxygen atoms in total. The molecular formula is C12H19N3O3. The van der Waals surface area contributed by atoms with E-state index in [0.717, 1.165) is 32.4 Å². The van der Waals surface area contributed by atoms with E-state index < -0.39 is 17.5 Å². The van der Waals surface area contributed by atoms with Crippen LogP contribution in [-0.4, -0.2) is 42.0 Å². The summed E-state index contributed by atoms with van der Waals surface area (Å²) in [6.07, 6.45) is 3.03. The molecule has 0 aliphatic carbocycles. The summed E-state index contributed by atoms with van der Waals surface area (Å²) in [4.78, 5) is 25.8. The average Bonchev–Trinajstić information content (AvgIpc) is 2.39. The van der Waals surface area contributed by atoms with Gasteiger partial charge in [-0.3, -0.25) is 4.79 Å². The Bertz CT molecular complexity index is 356. The van der Waals surface area contributed by atoms with Crippen LogP contribution in [0.3, 0.4) is 0 Å². The van der Waals surface area contributed by atoms with E-state index in [4.69, 9.17) is 5.53 Å². The Morgan fingerprint density at radius 2 is 2.06 bits per heavy atom. The van der Waals surface area contributed by atoms with E-state index in [0.29, 0.717) is 5.92 Å². The van der Waals surface area contributed by atoms with Gasteiger partial charge in [-0.15, -0.1) is 0 Å². The first kappa shape index (κ1) is 14.5. The molecule has 1 fully saturated rings. The lowest BCUT2D eigenvalue weighted by molar-refractivity contribution is -0.141. The number of nitrogens with zero attached hydrogens (tertiary/aromatic N) is 2. The predicted molar refractivity (Wildman–Crippen MR) is 65.1 cm³/mol. The van der Waals surface area contributed by atoms with Crippen LogP contribution in [0.1, 0.15) is 32.6 Å². The summed E-state index contributed by atoms with van der Waals surface area (Å²) < 4.78 is 4.65. The Balaban J connectivity index is 2.42. The maximum atomic E-state index is 11.7. The lowest BCUT2D eigenvalue weighted by Gasteiger charge is -2.21. The zero-order valence-electron chi connectivity index (χ0n) is 10.6. The molecule has 1 aliphatic heterocycles. The fraction of sp³-hybridized carbons (Fsp3) is 0.750. The quantitative estimate of drug-likeness (QED) is 0.246. The van der Waals surface area contributed by atoms with E-state index in [1.54, 1.807) is 6.92 Å².